The third-order valence-corrected chi connectivity index (χ3v) is 4.75. The van der Waals surface area contributed by atoms with Crippen molar-refractivity contribution in [1.82, 2.24) is 5.32 Å². The molecule has 2 aromatic rings. The highest BCUT2D eigenvalue weighted by molar-refractivity contribution is 7.98. The molecule has 0 aliphatic rings. The number of carbonyl (C=O) groups is 1. The van der Waals surface area contributed by atoms with Gasteiger partial charge in [-0.05, 0) is 42.0 Å². The molecule has 2 rings (SSSR count). The zero-order chi connectivity index (χ0) is 16.7. The average molecular weight is 370 g/mol. The molecule has 0 saturated heterocycles. The molecule has 0 atom stereocenters. The highest BCUT2D eigenvalue weighted by Crippen LogP contribution is 2.24. The molecule has 3 nitrogen and oxygen atoms in total. The number of halogens is 2. The number of thioether (sulfide) groups is 1. The van der Waals surface area contributed by atoms with Crippen LogP contribution in [0.3, 0.4) is 0 Å². The summed E-state index contributed by atoms with van der Waals surface area (Å²) in [6, 6.07) is 12.5. The first kappa shape index (κ1) is 18.0. The molecule has 1 N–H and O–H groups in total. The molecule has 0 radical (unpaired) electrons. The van der Waals surface area contributed by atoms with Crippen molar-refractivity contribution in [3.05, 3.63) is 63.6 Å². The second kappa shape index (κ2) is 9.06. The van der Waals surface area contributed by atoms with E-state index in [1.54, 1.807) is 49.2 Å². The summed E-state index contributed by atoms with van der Waals surface area (Å²) in [7, 11) is 1.60. The minimum atomic E-state index is -0.0854. The van der Waals surface area contributed by atoms with Crippen molar-refractivity contribution in [2.24, 2.45) is 0 Å². The van der Waals surface area contributed by atoms with Gasteiger partial charge in [0.15, 0.2) is 0 Å². The predicted octanol–water partition coefficient (Wildman–Crippen LogP) is 4.67. The molecule has 0 heterocycles. The van der Waals surface area contributed by atoms with Gasteiger partial charge in [-0.3, -0.25) is 4.79 Å². The van der Waals surface area contributed by atoms with Crippen LogP contribution in [0.1, 0.15) is 15.9 Å². The second-order valence-corrected chi connectivity index (χ2v) is 6.72. The van der Waals surface area contributed by atoms with Gasteiger partial charge >= 0.3 is 0 Å². The van der Waals surface area contributed by atoms with Gasteiger partial charge in [0.25, 0.3) is 5.91 Å². The Kier molecular flexibility index (Phi) is 7.09. The number of hydrogen-bond donors (Lipinski definition) is 1. The van der Waals surface area contributed by atoms with Crippen LogP contribution in [0.4, 0.5) is 0 Å². The van der Waals surface area contributed by atoms with E-state index >= 15 is 0 Å². The van der Waals surface area contributed by atoms with Gasteiger partial charge in [0, 0.05) is 33.7 Å². The third kappa shape index (κ3) is 5.65. The first-order chi connectivity index (χ1) is 11.1. The van der Waals surface area contributed by atoms with E-state index < -0.39 is 0 Å². The number of nitrogens with one attached hydrogen (secondary N) is 1. The quantitative estimate of drug-likeness (QED) is 0.720. The van der Waals surface area contributed by atoms with Crippen LogP contribution in [0.25, 0.3) is 0 Å². The summed E-state index contributed by atoms with van der Waals surface area (Å²) < 4.78 is 5.07. The fraction of sp³-hybridized carbons (Fsp3) is 0.235. The SMILES string of the molecule is COc1ccc(C(=O)NCCSCc2ccc(Cl)cc2Cl)cc1. The molecule has 23 heavy (non-hydrogen) atoms. The minimum absolute atomic E-state index is 0.0854. The molecule has 0 aromatic heterocycles. The van der Waals surface area contributed by atoms with Crippen LogP contribution >= 0.6 is 35.0 Å². The number of carbonyl (C=O) groups excluding carboxylic acids is 1. The molecule has 1 amide bonds. The molecule has 0 unspecified atom stereocenters. The Morgan fingerprint density at radius 1 is 1.17 bits per heavy atom. The van der Waals surface area contributed by atoms with Gasteiger partial charge in [-0.2, -0.15) is 11.8 Å². The van der Waals surface area contributed by atoms with E-state index in [2.05, 4.69) is 5.32 Å². The smallest absolute Gasteiger partial charge is 0.251 e. The van der Waals surface area contributed by atoms with E-state index in [0.29, 0.717) is 22.2 Å². The highest BCUT2D eigenvalue weighted by atomic mass is 35.5. The number of rotatable bonds is 7. The fourth-order valence-electron chi connectivity index (χ4n) is 1.90. The Morgan fingerprint density at radius 2 is 1.91 bits per heavy atom. The molecule has 6 heteroatoms. The fourth-order valence-corrected chi connectivity index (χ4v) is 3.32. The lowest BCUT2D eigenvalue weighted by molar-refractivity contribution is 0.0956. The summed E-state index contributed by atoms with van der Waals surface area (Å²) in [6.45, 7) is 0.598. The van der Waals surface area contributed by atoms with Crippen LogP contribution in [0.15, 0.2) is 42.5 Å². The minimum Gasteiger partial charge on any atom is -0.497 e. The zero-order valence-electron chi connectivity index (χ0n) is 12.6. The van der Waals surface area contributed by atoms with Crippen LogP contribution in [0.2, 0.25) is 10.0 Å². The maximum absolute atomic E-state index is 12.0. The maximum Gasteiger partial charge on any atom is 0.251 e. The number of ether oxygens (including phenoxy) is 1. The lowest BCUT2D eigenvalue weighted by Crippen LogP contribution is -2.25. The third-order valence-electron chi connectivity index (χ3n) is 3.16. The molecule has 0 bridgehead atoms. The molecule has 0 aliphatic carbocycles. The van der Waals surface area contributed by atoms with Gasteiger partial charge < -0.3 is 10.1 Å². The average Bonchev–Trinajstić information content (AvgIpc) is 2.56. The van der Waals surface area contributed by atoms with E-state index in [0.717, 1.165) is 22.8 Å². The first-order valence-corrected chi connectivity index (χ1v) is 8.95. The van der Waals surface area contributed by atoms with Gasteiger partial charge in [0.05, 0.1) is 7.11 Å². The van der Waals surface area contributed by atoms with Crippen LogP contribution < -0.4 is 10.1 Å². The summed E-state index contributed by atoms with van der Waals surface area (Å²) in [4.78, 5) is 12.0. The Balaban J connectivity index is 1.71. The molecule has 0 saturated carbocycles. The van der Waals surface area contributed by atoms with E-state index in [-0.39, 0.29) is 5.91 Å². The van der Waals surface area contributed by atoms with Crippen LogP contribution in [0, 0.1) is 0 Å². The first-order valence-electron chi connectivity index (χ1n) is 7.04. The van der Waals surface area contributed by atoms with E-state index in [1.165, 1.54) is 0 Å². The van der Waals surface area contributed by atoms with Gasteiger partial charge in [-0.1, -0.05) is 29.3 Å². The topological polar surface area (TPSA) is 38.3 Å². The largest absolute Gasteiger partial charge is 0.497 e. The van der Waals surface area contributed by atoms with Crippen molar-refractivity contribution in [1.29, 1.82) is 0 Å². The zero-order valence-corrected chi connectivity index (χ0v) is 15.0. The maximum atomic E-state index is 12.0. The van der Waals surface area contributed by atoms with Crippen LogP contribution in [-0.4, -0.2) is 25.3 Å². The van der Waals surface area contributed by atoms with Crippen molar-refractivity contribution in [3.8, 4) is 5.75 Å². The van der Waals surface area contributed by atoms with E-state index in [9.17, 15) is 4.79 Å². The van der Waals surface area contributed by atoms with Crippen molar-refractivity contribution >= 4 is 40.9 Å². The summed E-state index contributed by atoms with van der Waals surface area (Å²) in [5.41, 5.74) is 1.67. The number of methoxy groups -OCH3 is 1. The number of amides is 1. The summed E-state index contributed by atoms with van der Waals surface area (Å²) in [5.74, 6) is 2.24. The molecular weight excluding hydrogens is 353 g/mol. The Labute approximate surface area is 150 Å². The highest BCUT2D eigenvalue weighted by Gasteiger charge is 2.05. The predicted molar refractivity (Wildman–Crippen MR) is 98.0 cm³/mol. The number of benzene rings is 2. The standard InChI is InChI=1S/C17H17Cl2NO2S/c1-22-15-6-3-12(4-7-15)17(21)20-8-9-23-11-13-2-5-14(18)10-16(13)19/h2-7,10H,8-9,11H2,1H3,(H,20,21). The molecule has 0 spiro atoms. The lowest BCUT2D eigenvalue weighted by atomic mass is 10.2. The summed E-state index contributed by atoms with van der Waals surface area (Å²) >= 11 is 13.7. The van der Waals surface area contributed by atoms with Crippen LogP contribution in [-0.2, 0) is 5.75 Å². The van der Waals surface area contributed by atoms with Gasteiger partial charge in [0.1, 0.15) is 5.75 Å². The molecule has 2 aromatic carbocycles. The van der Waals surface area contributed by atoms with E-state index in [1.807, 2.05) is 12.1 Å². The number of hydrogen-bond acceptors (Lipinski definition) is 3. The molecular formula is C17H17Cl2NO2S. The molecule has 0 fully saturated rings. The Morgan fingerprint density at radius 3 is 2.57 bits per heavy atom. The second-order valence-electron chi connectivity index (χ2n) is 4.77. The van der Waals surface area contributed by atoms with Crippen LogP contribution in [0.5, 0.6) is 5.75 Å². The molecule has 122 valence electrons. The Hall–Kier alpha value is -1.36. The van der Waals surface area contributed by atoms with Crippen molar-refractivity contribution in [2.75, 3.05) is 19.4 Å². The van der Waals surface area contributed by atoms with Gasteiger partial charge in [0.2, 0.25) is 0 Å². The Bertz CT molecular complexity index is 662. The normalized spacial score (nSPS) is 10.4. The molecule has 0 aliphatic heterocycles. The van der Waals surface area contributed by atoms with Crippen molar-refractivity contribution in [3.63, 3.8) is 0 Å². The van der Waals surface area contributed by atoms with Crippen molar-refractivity contribution < 1.29 is 9.53 Å². The van der Waals surface area contributed by atoms with E-state index in [4.69, 9.17) is 27.9 Å². The summed E-state index contributed by atoms with van der Waals surface area (Å²) in [6.07, 6.45) is 0. The van der Waals surface area contributed by atoms with Crippen molar-refractivity contribution in [2.45, 2.75) is 5.75 Å². The lowest BCUT2D eigenvalue weighted by Gasteiger charge is -2.07. The summed E-state index contributed by atoms with van der Waals surface area (Å²) in [5, 5.41) is 4.20. The monoisotopic (exact) mass is 369 g/mol. The van der Waals surface area contributed by atoms with Gasteiger partial charge in [-0.25, -0.2) is 0 Å². The van der Waals surface area contributed by atoms with Gasteiger partial charge in [-0.15, -0.1) is 0 Å².